The number of carbonyl (C=O) groups is 4. The smallest absolute Gasteiger partial charge is 0.338 e. The zero-order valence-electron chi connectivity index (χ0n) is 11.2. The van der Waals surface area contributed by atoms with Crippen LogP contribution in [0.3, 0.4) is 0 Å². The first-order valence-electron chi connectivity index (χ1n) is 5.98. The van der Waals surface area contributed by atoms with Crippen LogP contribution in [0.4, 0.5) is 0 Å². The van der Waals surface area contributed by atoms with Crippen molar-refractivity contribution in [2.45, 2.75) is 0 Å². The summed E-state index contributed by atoms with van der Waals surface area (Å²) in [5.41, 5.74) is -0.00307. The third-order valence-electron chi connectivity index (χ3n) is 2.27. The number of ether oxygens (including phenoxy) is 2. The Hall–Kier alpha value is -3.16. The van der Waals surface area contributed by atoms with Crippen molar-refractivity contribution in [2.75, 3.05) is 13.2 Å². The normalized spacial score (nSPS) is 10.2. The van der Waals surface area contributed by atoms with E-state index in [4.69, 9.17) is 14.9 Å². The fraction of sp³-hybridized carbons (Fsp3) is 0.143. The van der Waals surface area contributed by atoms with Crippen molar-refractivity contribution in [1.29, 1.82) is 0 Å². The summed E-state index contributed by atoms with van der Waals surface area (Å²) >= 11 is 0. The molecule has 22 heavy (non-hydrogen) atoms. The lowest BCUT2D eigenvalue weighted by atomic mass is 10.1. The molecule has 0 saturated heterocycles. The maximum absolute atomic E-state index is 11.6. The van der Waals surface area contributed by atoms with Crippen LogP contribution in [0.2, 0.25) is 0 Å². The largest absolute Gasteiger partial charge is 0.478 e. The van der Waals surface area contributed by atoms with E-state index in [0.717, 1.165) is 12.1 Å². The van der Waals surface area contributed by atoms with Gasteiger partial charge in [0.05, 0.1) is 11.1 Å². The van der Waals surface area contributed by atoms with Crippen molar-refractivity contribution >= 4 is 23.9 Å². The van der Waals surface area contributed by atoms with Gasteiger partial charge in [0.1, 0.15) is 13.2 Å². The van der Waals surface area contributed by atoms with Crippen molar-refractivity contribution in [1.82, 2.24) is 0 Å². The summed E-state index contributed by atoms with van der Waals surface area (Å²) in [6.45, 7) is -0.504. The van der Waals surface area contributed by atoms with Gasteiger partial charge in [0.25, 0.3) is 0 Å². The van der Waals surface area contributed by atoms with Crippen LogP contribution in [0.25, 0.3) is 0 Å². The van der Waals surface area contributed by atoms with Gasteiger partial charge in [0.2, 0.25) is 0 Å². The van der Waals surface area contributed by atoms with Gasteiger partial charge >= 0.3 is 23.9 Å². The Balaban J connectivity index is 2.41. The van der Waals surface area contributed by atoms with Gasteiger partial charge in [-0.2, -0.15) is 0 Å². The SMILES string of the molecule is O=C(O)/C=C/C(=O)OCCOC(=O)c1cccc(C(=O)O)c1. The lowest BCUT2D eigenvalue weighted by molar-refractivity contribution is -0.139. The highest BCUT2D eigenvalue weighted by Gasteiger charge is 2.10. The first-order valence-corrected chi connectivity index (χ1v) is 5.98. The van der Waals surface area contributed by atoms with Gasteiger partial charge in [-0.25, -0.2) is 19.2 Å². The van der Waals surface area contributed by atoms with Crippen molar-refractivity contribution < 1.29 is 38.9 Å². The first kappa shape index (κ1) is 16.9. The molecule has 1 aromatic rings. The maximum Gasteiger partial charge on any atom is 0.338 e. The van der Waals surface area contributed by atoms with Crippen LogP contribution in [0.15, 0.2) is 36.4 Å². The molecule has 0 unspecified atom stereocenters. The first-order chi connectivity index (χ1) is 10.4. The zero-order chi connectivity index (χ0) is 16.5. The average molecular weight is 308 g/mol. The predicted molar refractivity (Wildman–Crippen MR) is 71.4 cm³/mol. The molecule has 0 aliphatic rings. The molecule has 0 heterocycles. The second kappa shape index (κ2) is 8.20. The average Bonchev–Trinajstić information content (AvgIpc) is 2.49. The quantitative estimate of drug-likeness (QED) is 0.428. The predicted octanol–water partition coefficient (Wildman–Crippen LogP) is 0.726. The van der Waals surface area contributed by atoms with Crippen LogP contribution in [-0.2, 0) is 19.1 Å². The number of aliphatic carboxylic acids is 1. The summed E-state index contributed by atoms with van der Waals surface area (Å²) < 4.78 is 9.37. The highest BCUT2D eigenvalue weighted by atomic mass is 16.6. The number of aromatic carboxylic acids is 1. The van der Waals surface area contributed by atoms with Crippen LogP contribution in [0.5, 0.6) is 0 Å². The molecule has 0 fully saturated rings. The van der Waals surface area contributed by atoms with Gasteiger partial charge in [0.15, 0.2) is 0 Å². The van der Waals surface area contributed by atoms with E-state index in [9.17, 15) is 19.2 Å². The van der Waals surface area contributed by atoms with E-state index in [-0.39, 0.29) is 24.3 Å². The van der Waals surface area contributed by atoms with Crippen LogP contribution in [0, 0.1) is 0 Å². The third kappa shape index (κ3) is 5.87. The molecule has 116 valence electrons. The Labute approximate surface area is 124 Å². The number of carboxylic acids is 2. The van der Waals surface area contributed by atoms with Crippen molar-refractivity contribution in [3.8, 4) is 0 Å². The van der Waals surface area contributed by atoms with Gasteiger partial charge in [-0.15, -0.1) is 0 Å². The fourth-order valence-electron chi connectivity index (χ4n) is 1.33. The molecule has 1 rings (SSSR count). The van der Waals surface area contributed by atoms with Gasteiger partial charge in [-0.05, 0) is 18.2 Å². The number of carbonyl (C=O) groups excluding carboxylic acids is 2. The summed E-state index contributed by atoms with van der Waals surface area (Å²) in [6.07, 6.45) is 1.34. The highest BCUT2D eigenvalue weighted by molar-refractivity contribution is 5.94. The topological polar surface area (TPSA) is 127 Å². The van der Waals surface area contributed by atoms with Gasteiger partial charge in [0, 0.05) is 12.2 Å². The monoisotopic (exact) mass is 308 g/mol. The second-order valence-electron chi connectivity index (χ2n) is 3.86. The standard InChI is InChI=1S/C14H12O8/c15-11(16)4-5-12(17)21-6-7-22-14(20)10-3-1-2-9(8-10)13(18)19/h1-5,8H,6-7H2,(H,15,16)(H,18,19)/b5-4+. The van der Waals surface area contributed by atoms with E-state index >= 15 is 0 Å². The molecule has 0 aromatic heterocycles. The fourth-order valence-corrected chi connectivity index (χ4v) is 1.33. The number of benzene rings is 1. The van der Waals surface area contributed by atoms with Crippen LogP contribution < -0.4 is 0 Å². The minimum absolute atomic E-state index is 0.0528. The number of hydrogen-bond acceptors (Lipinski definition) is 6. The number of esters is 2. The summed E-state index contributed by atoms with van der Waals surface area (Å²) in [5, 5.41) is 17.1. The molecule has 0 aliphatic carbocycles. The molecule has 0 atom stereocenters. The van der Waals surface area contributed by atoms with Crippen LogP contribution >= 0.6 is 0 Å². The van der Waals surface area contributed by atoms with E-state index < -0.39 is 23.9 Å². The van der Waals surface area contributed by atoms with E-state index in [1.54, 1.807) is 0 Å². The molecule has 0 amide bonds. The van der Waals surface area contributed by atoms with Gasteiger partial charge in [-0.3, -0.25) is 0 Å². The lowest BCUT2D eigenvalue weighted by Gasteiger charge is -2.05. The minimum atomic E-state index is -1.29. The molecule has 0 saturated carbocycles. The molecule has 0 aliphatic heterocycles. The Morgan fingerprint density at radius 2 is 1.59 bits per heavy atom. The Bertz CT molecular complexity index is 617. The Morgan fingerprint density at radius 3 is 2.23 bits per heavy atom. The van der Waals surface area contributed by atoms with Gasteiger partial charge in [-0.1, -0.05) is 6.07 Å². The van der Waals surface area contributed by atoms with Crippen molar-refractivity contribution in [3.05, 3.63) is 47.5 Å². The zero-order valence-corrected chi connectivity index (χ0v) is 11.2. The molecule has 8 heteroatoms. The Morgan fingerprint density at radius 1 is 0.955 bits per heavy atom. The van der Waals surface area contributed by atoms with Crippen LogP contribution in [0.1, 0.15) is 20.7 Å². The molecule has 1 aromatic carbocycles. The van der Waals surface area contributed by atoms with E-state index in [0.29, 0.717) is 6.08 Å². The highest BCUT2D eigenvalue weighted by Crippen LogP contribution is 2.07. The molecular weight excluding hydrogens is 296 g/mol. The molecule has 8 nitrogen and oxygen atoms in total. The maximum atomic E-state index is 11.6. The van der Waals surface area contributed by atoms with E-state index in [1.807, 2.05) is 0 Å². The Kier molecular flexibility index (Phi) is 6.30. The second-order valence-corrected chi connectivity index (χ2v) is 3.86. The summed E-state index contributed by atoms with van der Waals surface area (Å²) in [4.78, 5) is 43.5. The van der Waals surface area contributed by atoms with Crippen molar-refractivity contribution in [3.63, 3.8) is 0 Å². The minimum Gasteiger partial charge on any atom is -0.478 e. The number of hydrogen-bond donors (Lipinski definition) is 2. The summed E-state index contributed by atoms with van der Waals surface area (Å²) in [5.74, 6) is -4.11. The summed E-state index contributed by atoms with van der Waals surface area (Å²) in [6, 6.07) is 5.27. The molecule has 0 radical (unpaired) electrons. The van der Waals surface area contributed by atoms with Gasteiger partial charge < -0.3 is 19.7 Å². The molecule has 2 N–H and O–H groups in total. The third-order valence-corrected chi connectivity index (χ3v) is 2.27. The molecule has 0 spiro atoms. The molecular formula is C14H12O8. The van der Waals surface area contributed by atoms with E-state index in [2.05, 4.69) is 4.74 Å². The molecule has 0 bridgehead atoms. The number of rotatable bonds is 7. The van der Waals surface area contributed by atoms with E-state index in [1.165, 1.54) is 18.2 Å². The lowest BCUT2D eigenvalue weighted by Crippen LogP contribution is -2.13. The van der Waals surface area contributed by atoms with Crippen molar-refractivity contribution in [2.24, 2.45) is 0 Å². The van der Waals surface area contributed by atoms with Crippen LogP contribution in [-0.4, -0.2) is 47.3 Å². The number of carboxylic acid groups (broad SMARTS) is 2. The summed E-state index contributed by atoms with van der Waals surface area (Å²) in [7, 11) is 0.